The number of thioether (sulfide) groups is 1. The van der Waals surface area contributed by atoms with Gasteiger partial charge in [0.2, 0.25) is 5.91 Å². The quantitative estimate of drug-likeness (QED) is 0.500. The molecule has 2 rings (SSSR count). The second kappa shape index (κ2) is 6.31. The van der Waals surface area contributed by atoms with Crippen molar-refractivity contribution in [2.75, 3.05) is 45.0 Å². The average Bonchev–Trinajstić information content (AvgIpc) is 2.75. The van der Waals surface area contributed by atoms with Gasteiger partial charge in [-0.1, -0.05) is 11.8 Å². The molecule has 0 aromatic carbocycles. The number of amidine groups is 1. The SMILES string of the molecule is CC[NH+]1CC[NH+](CC(=O)N=C2NC(=O)CS2)CC1. The molecular formula is C11H20N4O2S+2. The molecule has 0 saturated carbocycles. The highest BCUT2D eigenvalue weighted by molar-refractivity contribution is 8.15. The lowest BCUT2D eigenvalue weighted by atomic mass is 10.3. The first-order chi connectivity index (χ1) is 8.67. The number of piperazine rings is 1. The standard InChI is InChI=1S/C11H18N4O2S/c1-2-14-3-5-15(6-4-14)7-9(16)12-11-13-10(17)8-18-11/h2-8H2,1H3,(H,12,13,16,17)/p+2. The summed E-state index contributed by atoms with van der Waals surface area (Å²) in [6.07, 6.45) is 0. The number of nitrogens with zero attached hydrogens (tertiary/aromatic N) is 1. The molecule has 0 spiro atoms. The average molecular weight is 272 g/mol. The van der Waals surface area contributed by atoms with Gasteiger partial charge in [0, 0.05) is 0 Å². The molecule has 7 heteroatoms. The van der Waals surface area contributed by atoms with E-state index in [1.807, 2.05) is 0 Å². The first-order valence-electron chi connectivity index (χ1n) is 6.38. The molecule has 3 N–H and O–H groups in total. The Balaban J connectivity index is 1.76. The smallest absolute Gasteiger partial charge is 0.303 e. The number of likely N-dealkylation sites (N-methyl/N-ethyl adjacent to an activating group) is 1. The molecule has 18 heavy (non-hydrogen) atoms. The van der Waals surface area contributed by atoms with E-state index in [1.54, 1.807) is 4.90 Å². The first kappa shape index (κ1) is 13.5. The number of aliphatic imine (C=N–C) groups is 1. The minimum atomic E-state index is -0.130. The molecule has 0 unspecified atom stereocenters. The molecule has 2 aliphatic rings. The van der Waals surface area contributed by atoms with E-state index in [1.165, 1.54) is 16.7 Å². The zero-order valence-corrected chi connectivity index (χ0v) is 11.4. The van der Waals surface area contributed by atoms with E-state index in [-0.39, 0.29) is 11.8 Å². The lowest BCUT2D eigenvalue weighted by Gasteiger charge is -2.28. The van der Waals surface area contributed by atoms with Crippen LogP contribution in [-0.4, -0.2) is 62.0 Å². The Labute approximate surface area is 111 Å². The van der Waals surface area contributed by atoms with E-state index in [0.717, 1.165) is 32.7 Å². The van der Waals surface area contributed by atoms with E-state index in [9.17, 15) is 9.59 Å². The van der Waals surface area contributed by atoms with Crippen molar-refractivity contribution in [3.63, 3.8) is 0 Å². The van der Waals surface area contributed by atoms with Crippen molar-refractivity contribution in [1.29, 1.82) is 0 Å². The van der Waals surface area contributed by atoms with E-state index in [2.05, 4.69) is 17.2 Å². The molecular weight excluding hydrogens is 252 g/mol. The number of hydrogen-bond acceptors (Lipinski definition) is 3. The Kier molecular flexibility index (Phi) is 4.73. The van der Waals surface area contributed by atoms with Crippen LogP contribution in [0.1, 0.15) is 6.92 Å². The Morgan fingerprint density at radius 2 is 2.00 bits per heavy atom. The van der Waals surface area contributed by atoms with Crippen LogP contribution in [0.15, 0.2) is 4.99 Å². The third-order valence-corrected chi connectivity index (χ3v) is 4.25. The van der Waals surface area contributed by atoms with E-state index in [4.69, 9.17) is 0 Å². The molecule has 0 aliphatic carbocycles. The minimum absolute atomic E-state index is 0.0703. The number of rotatable bonds is 3. The number of carbonyl (C=O) groups is 2. The Morgan fingerprint density at radius 3 is 2.56 bits per heavy atom. The summed E-state index contributed by atoms with van der Waals surface area (Å²) >= 11 is 1.30. The second-order valence-electron chi connectivity index (χ2n) is 4.68. The third-order valence-electron chi connectivity index (χ3n) is 3.38. The molecule has 6 nitrogen and oxygen atoms in total. The molecule has 2 heterocycles. The molecule has 2 fully saturated rings. The molecule has 2 saturated heterocycles. The monoisotopic (exact) mass is 272 g/mol. The molecule has 0 atom stereocenters. The summed E-state index contributed by atoms with van der Waals surface area (Å²) in [5.74, 6) is 0.172. The van der Waals surface area contributed by atoms with Crippen molar-refractivity contribution in [1.82, 2.24) is 5.32 Å². The highest BCUT2D eigenvalue weighted by Gasteiger charge is 2.24. The zero-order valence-electron chi connectivity index (χ0n) is 10.6. The summed E-state index contributed by atoms with van der Waals surface area (Å²) in [5, 5.41) is 3.04. The second-order valence-corrected chi connectivity index (χ2v) is 5.64. The van der Waals surface area contributed by atoms with Crippen molar-refractivity contribution in [3.05, 3.63) is 0 Å². The predicted octanol–water partition coefficient (Wildman–Crippen LogP) is -3.46. The van der Waals surface area contributed by atoms with Gasteiger partial charge in [0.15, 0.2) is 11.7 Å². The molecule has 0 bridgehead atoms. The lowest BCUT2D eigenvalue weighted by molar-refractivity contribution is -1.01. The predicted molar refractivity (Wildman–Crippen MR) is 69.8 cm³/mol. The number of quaternary nitrogens is 2. The number of carbonyl (C=O) groups excluding carboxylic acids is 2. The Morgan fingerprint density at radius 1 is 1.33 bits per heavy atom. The summed E-state index contributed by atoms with van der Waals surface area (Å²) in [6.45, 7) is 8.10. The molecule has 2 amide bonds. The molecule has 0 radical (unpaired) electrons. The van der Waals surface area contributed by atoms with Crippen LogP contribution in [0.2, 0.25) is 0 Å². The maximum Gasteiger partial charge on any atom is 0.303 e. The van der Waals surface area contributed by atoms with Gasteiger partial charge in [0.25, 0.3) is 0 Å². The number of nitrogens with one attached hydrogen (secondary N) is 3. The molecule has 0 aromatic heterocycles. The maximum absolute atomic E-state index is 11.7. The fourth-order valence-corrected chi connectivity index (χ4v) is 2.93. The van der Waals surface area contributed by atoms with Gasteiger partial charge in [0.1, 0.15) is 26.2 Å². The third kappa shape index (κ3) is 3.79. The van der Waals surface area contributed by atoms with Crippen molar-refractivity contribution < 1.29 is 19.4 Å². The van der Waals surface area contributed by atoms with Crippen molar-refractivity contribution >= 4 is 28.7 Å². The van der Waals surface area contributed by atoms with E-state index < -0.39 is 0 Å². The number of amides is 2. The highest BCUT2D eigenvalue weighted by Crippen LogP contribution is 2.08. The van der Waals surface area contributed by atoms with Crippen LogP contribution in [0.5, 0.6) is 0 Å². The Bertz CT molecular complexity index is 364. The van der Waals surface area contributed by atoms with Crippen LogP contribution < -0.4 is 15.1 Å². The van der Waals surface area contributed by atoms with Gasteiger partial charge >= 0.3 is 5.91 Å². The molecule has 2 aliphatic heterocycles. The largest absolute Gasteiger partial charge is 0.326 e. The minimum Gasteiger partial charge on any atom is -0.326 e. The molecule has 0 aromatic rings. The van der Waals surface area contributed by atoms with Gasteiger partial charge in [-0.3, -0.25) is 9.59 Å². The van der Waals surface area contributed by atoms with Gasteiger partial charge in [-0.2, -0.15) is 4.99 Å². The Hall–Kier alpha value is -0.920. The fourth-order valence-electron chi connectivity index (χ4n) is 2.24. The van der Waals surface area contributed by atoms with Crippen molar-refractivity contribution in [3.8, 4) is 0 Å². The summed E-state index contributed by atoms with van der Waals surface area (Å²) < 4.78 is 0. The summed E-state index contributed by atoms with van der Waals surface area (Å²) in [4.78, 5) is 29.6. The van der Waals surface area contributed by atoms with Crippen LogP contribution in [0.25, 0.3) is 0 Å². The van der Waals surface area contributed by atoms with Gasteiger partial charge < -0.3 is 15.1 Å². The summed E-state index contributed by atoms with van der Waals surface area (Å²) in [5.41, 5.74) is 0. The van der Waals surface area contributed by atoms with Gasteiger partial charge in [-0.15, -0.1) is 0 Å². The van der Waals surface area contributed by atoms with Gasteiger partial charge in [0.05, 0.1) is 12.3 Å². The maximum atomic E-state index is 11.7. The van der Waals surface area contributed by atoms with E-state index >= 15 is 0 Å². The topological polar surface area (TPSA) is 67.4 Å². The number of hydrogen-bond donors (Lipinski definition) is 3. The normalized spacial score (nSPS) is 30.5. The fraction of sp³-hybridized carbons (Fsp3) is 0.727. The van der Waals surface area contributed by atoms with E-state index in [0.29, 0.717) is 17.5 Å². The zero-order chi connectivity index (χ0) is 13.0. The first-order valence-corrected chi connectivity index (χ1v) is 7.37. The van der Waals surface area contributed by atoms with Crippen LogP contribution in [0.3, 0.4) is 0 Å². The van der Waals surface area contributed by atoms with Crippen LogP contribution in [0.4, 0.5) is 0 Å². The van der Waals surface area contributed by atoms with Crippen LogP contribution in [-0.2, 0) is 9.59 Å². The van der Waals surface area contributed by atoms with Crippen molar-refractivity contribution in [2.45, 2.75) is 6.92 Å². The van der Waals surface area contributed by atoms with Gasteiger partial charge in [-0.25, -0.2) is 0 Å². The summed E-state index contributed by atoms with van der Waals surface area (Å²) in [6, 6.07) is 0. The highest BCUT2D eigenvalue weighted by atomic mass is 32.2. The summed E-state index contributed by atoms with van der Waals surface area (Å²) in [7, 11) is 0. The van der Waals surface area contributed by atoms with Crippen LogP contribution in [0, 0.1) is 0 Å². The van der Waals surface area contributed by atoms with Gasteiger partial charge in [-0.05, 0) is 6.92 Å². The molecule has 100 valence electrons. The van der Waals surface area contributed by atoms with Crippen LogP contribution >= 0.6 is 11.8 Å². The lowest BCUT2D eigenvalue weighted by Crippen LogP contribution is -3.28. The van der Waals surface area contributed by atoms with Crippen molar-refractivity contribution in [2.24, 2.45) is 4.99 Å².